The van der Waals surface area contributed by atoms with E-state index >= 15 is 0 Å². The first-order valence-corrected chi connectivity index (χ1v) is 6.60. The van der Waals surface area contributed by atoms with E-state index in [-0.39, 0.29) is 6.42 Å². The molecule has 4 heteroatoms. The van der Waals surface area contributed by atoms with Gasteiger partial charge in [-0.2, -0.15) is 0 Å². The van der Waals surface area contributed by atoms with Gasteiger partial charge < -0.3 is 5.11 Å². The lowest BCUT2D eigenvalue weighted by molar-refractivity contribution is -0.136. The second kappa shape index (κ2) is 4.90. The first-order chi connectivity index (χ1) is 8.49. The van der Waals surface area contributed by atoms with E-state index in [9.17, 15) is 4.79 Å². The van der Waals surface area contributed by atoms with Crippen LogP contribution < -0.4 is 0 Å². The number of rotatable bonds is 3. The Bertz CT molecular complexity index is 602. The Labute approximate surface area is 110 Å². The molecule has 0 radical (unpaired) electrons. The Balaban J connectivity index is 2.40. The van der Waals surface area contributed by atoms with Crippen LogP contribution >= 0.6 is 11.3 Å². The van der Waals surface area contributed by atoms with E-state index < -0.39 is 5.97 Å². The van der Waals surface area contributed by atoms with Crippen LogP contribution in [0.4, 0.5) is 0 Å². The first-order valence-electron chi connectivity index (χ1n) is 5.72. The van der Waals surface area contributed by atoms with Crippen molar-refractivity contribution in [2.24, 2.45) is 0 Å². The summed E-state index contributed by atoms with van der Waals surface area (Å²) in [6, 6.07) is 4.13. The summed E-state index contributed by atoms with van der Waals surface area (Å²) in [5, 5.41) is 11.3. The lowest BCUT2D eigenvalue weighted by atomic mass is 9.97. The monoisotopic (exact) mass is 261 g/mol. The highest BCUT2D eigenvalue weighted by Crippen LogP contribution is 2.28. The molecule has 0 aliphatic rings. The zero-order valence-electron chi connectivity index (χ0n) is 10.7. The molecule has 0 fully saturated rings. The van der Waals surface area contributed by atoms with Crippen molar-refractivity contribution >= 4 is 17.3 Å². The molecule has 0 unspecified atom stereocenters. The van der Waals surface area contributed by atoms with E-state index in [1.807, 2.05) is 5.38 Å². The van der Waals surface area contributed by atoms with Gasteiger partial charge in [0, 0.05) is 10.9 Å². The largest absolute Gasteiger partial charge is 0.481 e. The maximum Gasteiger partial charge on any atom is 0.310 e. The van der Waals surface area contributed by atoms with Gasteiger partial charge in [-0.1, -0.05) is 12.1 Å². The molecule has 1 aromatic carbocycles. The van der Waals surface area contributed by atoms with E-state index in [0.29, 0.717) is 5.01 Å². The van der Waals surface area contributed by atoms with Crippen LogP contribution in [0.1, 0.15) is 21.7 Å². The van der Waals surface area contributed by atoms with Crippen LogP contribution in [0.25, 0.3) is 11.3 Å². The summed E-state index contributed by atoms with van der Waals surface area (Å²) in [5.74, 6) is -0.840. The van der Waals surface area contributed by atoms with E-state index in [1.54, 1.807) is 0 Å². The van der Waals surface area contributed by atoms with E-state index in [1.165, 1.54) is 28.0 Å². The van der Waals surface area contributed by atoms with E-state index in [4.69, 9.17) is 5.11 Å². The summed E-state index contributed by atoms with van der Waals surface area (Å²) in [5.41, 5.74) is 5.70. The van der Waals surface area contributed by atoms with Gasteiger partial charge in [-0.05, 0) is 37.5 Å². The van der Waals surface area contributed by atoms with Crippen molar-refractivity contribution in [1.29, 1.82) is 0 Å². The minimum Gasteiger partial charge on any atom is -0.481 e. The second-order valence-corrected chi connectivity index (χ2v) is 5.32. The number of aromatic nitrogens is 1. The molecule has 0 spiro atoms. The number of thiazole rings is 1. The number of carboxylic acid groups (broad SMARTS) is 1. The summed E-state index contributed by atoms with van der Waals surface area (Å²) in [7, 11) is 0. The van der Waals surface area contributed by atoms with Gasteiger partial charge in [-0.25, -0.2) is 4.98 Å². The van der Waals surface area contributed by atoms with Crippen LogP contribution in [0, 0.1) is 20.8 Å². The number of hydrogen-bond donors (Lipinski definition) is 1. The van der Waals surface area contributed by atoms with Gasteiger partial charge >= 0.3 is 5.97 Å². The van der Waals surface area contributed by atoms with Crippen molar-refractivity contribution in [2.45, 2.75) is 27.2 Å². The van der Waals surface area contributed by atoms with Gasteiger partial charge in [0.25, 0.3) is 0 Å². The summed E-state index contributed by atoms with van der Waals surface area (Å²) in [6.45, 7) is 6.26. The standard InChI is InChI=1S/C14H15NO2S/c1-8-4-5-11(10(3)9(8)2)12-7-18-13(15-12)6-14(16)17/h4-5,7H,6H2,1-3H3,(H,16,17). The number of aliphatic carboxylic acids is 1. The minimum absolute atomic E-state index is 0.00540. The van der Waals surface area contributed by atoms with Gasteiger partial charge in [0.15, 0.2) is 0 Å². The van der Waals surface area contributed by atoms with Crippen molar-refractivity contribution < 1.29 is 9.90 Å². The van der Waals surface area contributed by atoms with Crippen molar-refractivity contribution in [3.05, 3.63) is 39.2 Å². The Morgan fingerprint density at radius 1 is 1.28 bits per heavy atom. The molecular weight excluding hydrogens is 246 g/mol. The summed E-state index contributed by atoms with van der Waals surface area (Å²) in [6.07, 6.45) is -0.00540. The van der Waals surface area contributed by atoms with Crippen LogP contribution in [0.5, 0.6) is 0 Å². The van der Waals surface area contributed by atoms with E-state index in [2.05, 4.69) is 37.9 Å². The Hall–Kier alpha value is -1.68. The molecule has 3 nitrogen and oxygen atoms in total. The molecule has 2 aromatic rings. The molecule has 1 aromatic heterocycles. The second-order valence-electron chi connectivity index (χ2n) is 4.38. The Kier molecular flexibility index (Phi) is 3.48. The maximum absolute atomic E-state index is 10.6. The van der Waals surface area contributed by atoms with Crippen molar-refractivity contribution in [1.82, 2.24) is 4.98 Å². The Morgan fingerprint density at radius 2 is 2.00 bits per heavy atom. The topological polar surface area (TPSA) is 50.2 Å². The van der Waals surface area contributed by atoms with Crippen molar-refractivity contribution in [3.63, 3.8) is 0 Å². The molecule has 1 N–H and O–H groups in total. The number of nitrogens with zero attached hydrogens (tertiary/aromatic N) is 1. The highest BCUT2D eigenvalue weighted by Gasteiger charge is 2.11. The molecule has 0 saturated heterocycles. The normalized spacial score (nSPS) is 10.6. The summed E-state index contributed by atoms with van der Waals surface area (Å²) in [4.78, 5) is 15.0. The van der Waals surface area contributed by atoms with E-state index in [0.717, 1.165) is 11.3 Å². The molecule has 0 aliphatic heterocycles. The predicted octanol–water partition coefficient (Wildman–Crippen LogP) is 3.36. The zero-order valence-corrected chi connectivity index (χ0v) is 11.5. The van der Waals surface area contributed by atoms with Crippen LogP contribution in [0.15, 0.2) is 17.5 Å². The van der Waals surface area contributed by atoms with Crippen LogP contribution in [-0.4, -0.2) is 16.1 Å². The number of carbonyl (C=O) groups is 1. The number of benzene rings is 1. The molecule has 0 saturated carbocycles. The van der Waals surface area contributed by atoms with Crippen molar-refractivity contribution in [2.75, 3.05) is 0 Å². The molecule has 2 rings (SSSR count). The first kappa shape index (κ1) is 12.8. The molecule has 0 aliphatic carbocycles. The van der Waals surface area contributed by atoms with Gasteiger partial charge in [-0.15, -0.1) is 11.3 Å². The SMILES string of the molecule is Cc1ccc(-c2csc(CC(=O)O)n2)c(C)c1C. The molecule has 18 heavy (non-hydrogen) atoms. The fourth-order valence-corrected chi connectivity index (χ4v) is 2.66. The summed E-state index contributed by atoms with van der Waals surface area (Å²) < 4.78 is 0. The van der Waals surface area contributed by atoms with Gasteiger partial charge in [0.1, 0.15) is 5.01 Å². The Morgan fingerprint density at radius 3 is 2.67 bits per heavy atom. The molecule has 94 valence electrons. The third-order valence-corrected chi connectivity index (χ3v) is 4.04. The van der Waals surface area contributed by atoms with Crippen LogP contribution in [-0.2, 0) is 11.2 Å². The summed E-state index contributed by atoms with van der Waals surface area (Å²) >= 11 is 1.40. The van der Waals surface area contributed by atoms with Crippen LogP contribution in [0.3, 0.4) is 0 Å². The number of carboxylic acids is 1. The number of hydrogen-bond acceptors (Lipinski definition) is 3. The minimum atomic E-state index is -0.840. The highest BCUT2D eigenvalue weighted by molar-refractivity contribution is 7.10. The average molecular weight is 261 g/mol. The third-order valence-electron chi connectivity index (χ3n) is 3.19. The van der Waals surface area contributed by atoms with Gasteiger partial charge in [0.2, 0.25) is 0 Å². The quantitative estimate of drug-likeness (QED) is 0.921. The average Bonchev–Trinajstić information content (AvgIpc) is 2.73. The smallest absolute Gasteiger partial charge is 0.310 e. The maximum atomic E-state index is 10.6. The molecular formula is C14H15NO2S. The zero-order chi connectivity index (χ0) is 13.3. The van der Waals surface area contributed by atoms with Gasteiger partial charge in [-0.3, -0.25) is 4.79 Å². The fraction of sp³-hybridized carbons (Fsp3) is 0.286. The van der Waals surface area contributed by atoms with Crippen LogP contribution in [0.2, 0.25) is 0 Å². The van der Waals surface area contributed by atoms with Crippen molar-refractivity contribution in [3.8, 4) is 11.3 Å². The third kappa shape index (κ3) is 2.43. The fourth-order valence-electron chi connectivity index (χ4n) is 1.88. The predicted molar refractivity (Wildman–Crippen MR) is 73.1 cm³/mol. The molecule has 0 bridgehead atoms. The van der Waals surface area contributed by atoms with Gasteiger partial charge in [0.05, 0.1) is 12.1 Å². The molecule has 0 amide bonds. The molecule has 1 heterocycles. The lowest BCUT2D eigenvalue weighted by Gasteiger charge is -2.09. The highest BCUT2D eigenvalue weighted by atomic mass is 32.1. The molecule has 0 atom stereocenters. The number of aryl methyl sites for hydroxylation is 1. The lowest BCUT2D eigenvalue weighted by Crippen LogP contribution is -1.99.